The lowest BCUT2D eigenvalue weighted by Crippen LogP contribution is -2.19. The van der Waals surface area contributed by atoms with Gasteiger partial charge in [0.15, 0.2) is 0 Å². The van der Waals surface area contributed by atoms with Crippen LogP contribution in [0.4, 0.5) is 0 Å². The minimum absolute atomic E-state index is 0.747. The lowest BCUT2D eigenvalue weighted by Gasteiger charge is -2.03. The third kappa shape index (κ3) is 2.87. The molecule has 0 aliphatic heterocycles. The lowest BCUT2D eigenvalue weighted by atomic mass is 10.2. The zero-order valence-corrected chi connectivity index (χ0v) is 9.30. The number of nitrogens with zero attached hydrogens (tertiary/aromatic N) is 4. The van der Waals surface area contributed by atoms with Crippen LogP contribution in [0.2, 0.25) is 0 Å². The summed E-state index contributed by atoms with van der Waals surface area (Å²) in [5, 5.41) is 7.34. The van der Waals surface area contributed by atoms with E-state index in [0.717, 1.165) is 25.3 Å². The molecule has 0 bridgehead atoms. The summed E-state index contributed by atoms with van der Waals surface area (Å²) < 4.78 is 1.77. The fourth-order valence-electron chi connectivity index (χ4n) is 1.46. The van der Waals surface area contributed by atoms with Gasteiger partial charge in [-0.15, -0.1) is 0 Å². The van der Waals surface area contributed by atoms with Gasteiger partial charge < -0.3 is 5.32 Å². The van der Waals surface area contributed by atoms with Crippen molar-refractivity contribution in [2.45, 2.75) is 13.0 Å². The third-order valence-corrected chi connectivity index (χ3v) is 2.40. The van der Waals surface area contributed by atoms with Gasteiger partial charge in [0.2, 0.25) is 0 Å². The molecular weight excluding hydrogens is 202 g/mol. The summed E-state index contributed by atoms with van der Waals surface area (Å²) in [4.78, 5) is 8.21. The van der Waals surface area contributed by atoms with Crippen LogP contribution in [0.25, 0.3) is 0 Å². The zero-order chi connectivity index (χ0) is 11.2. The number of pyridine rings is 1. The van der Waals surface area contributed by atoms with Crippen molar-refractivity contribution in [2.24, 2.45) is 7.05 Å². The van der Waals surface area contributed by atoms with E-state index >= 15 is 0 Å². The molecule has 2 aromatic heterocycles. The molecule has 2 rings (SSSR count). The average molecular weight is 217 g/mol. The Morgan fingerprint density at radius 1 is 1.44 bits per heavy atom. The molecule has 2 aromatic rings. The molecule has 0 fully saturated rings. The van der Waals surface area contributed by atoms with Crippen LogP contribution >= 0.6 is 0 Å². The molecule has 0 saturated heterocycles. The van der Waals surface area contributed by atoms with Crippen molar-refractivity contribution < 1.29 is 0 Å². The van der Waals surface area contributed by atoms with Crippen molar-refractivity contribution in [3.05, 3.63) is 42.2 Å². The third-order valence-electron chi connectivity index (χ3n) is 2.40. The zero-order valence-electron chi connectivity index (χ0n) is 9.30. The van der Waals surface area contributed by atoms with E-state index in [0.29, 0.717) is 0 Å². The molecule has 5 heteroatoms. The van der Waals surface area contributed by atoms with Crippen molar-refractivity contribution >= 4 is 0 Å². The van der Waals surface area contributed by atoms with Crippen LogP contribution in [-0.2, 0) is 20.0 Å². The second kappa shape index (κ2) is 5.37. The summed E-state index contributed by atoms with van der Waals surface area (Å²) in [6, 6.07) is 4.04. The number of rotatable bonds is 5. The largest absolute Gasteiger partial charge is 0.310 e. The highest BCUT2D eigenvalue weighted by molar-refractivity contribution is 5.08. The summed E-state index contributed by atoms with van der Waals surface area (Å²) in [7, 11) is 1.89. The monoisotopic (exact) mass is 217 g/mol. The van der Waals surface area contributed by atoms with Crippen molar-refractivity contribution in [2.75, 3.05) is 6.54 Å². The van der Waals surface area contributed by atoms with Crippen molar-refractivity contribution in [3.63, 3.8) is 0 Å². The molecule has 0 saturated carbocycles. The average Bonchev–Trinajstić information content (AvgIpc) is 2.72. The van der Waals surface area contributed by atoms with E-state index in [4.69, 9.17) is 0 Å². The highest BCUT2D eigenvalue weighted by atomic mass is 15.3. The molecule has 5 nitrogen and oxygen atoms in total. The van der Waals surface area contributed by atoms with Crippen LogP contribution in [0.15, 0.2) is 30.9 Å². The fraction of sp³-hybridized carbons (Fsp3) is 0.364. The lowest BCUT2D eigenvalue weighted by molar-refractivity contribution is 0.614. The highest BCUT2D eigenvalue weighted by Crippen LogP contribution is 1.96. The van der Waals surface area contributed by atoms with Crippen LogP contribution in [-0.4, -0.2) is 26.3 Å². The van der Waals surface area contributed by atoms with Gasteiger partial charge >= 0.3 is 0 Å². The molecule has 0 radical (unpaired) electrons. The quantitative estimate of drug-likeness (QED) is 0.743. The van der Waals surface area contributed by atoms with Gasteiger partial charge in [0.05, 0.1) is 6.54 Å². The first-order valence-electron chi connectivity index (χ1n) is 5.29. The Balaban J connectivity index is 1.72. The molecule has 0 aromatic carbocycles. The summed E-state index contributed by atoms with van der Waals surface area (Å²) in [6.45, 7) is 1.66. The Labute approximate surface area is 94.5 Å². The molecule has 0 spiro atoms. The minimum atomic E-state index is 0.747. The topological polar surface area (TPSA) is 55.6 Å². The van der Waals surface area contributed by atoms with Crippen LogP contribution in [0.1, 0.15) is 11.4 Å². The predicted molar refractivity (Wildman–Crippen MR) is 60.7 cm³/mol. The maximum atomic E-state index is 4.14. The molecule has 2 heterocycles. The van der Waals surface area contributed by atoms with Gasteiger partial charge in [-0.1, -0.05) is 6.07 Å². The fourth-order valence-corrected chi connectivity index (χ4v) is 1.46. The van der Waals surface area contributed by atoms with Crippen LogP contribution in [0.3, 0.4) is 0 Å². The Morgan fingerprint density at radius 2 is 2.38 bits per heavy atom. The van der Waals surface area contributed by atoms with Gasteiger partial charge in [0.1, 0.15) is 12.2 Å². The maximum Gasteiger partial charge on any atom is 0.140 e. The SMILES string of the molecule is Cn1ncnc1CNCCc1cccnc1. The highest BCUT2D eigenvalue weighted by Gasteiger charge is 1.98. The van der Waals surface area contributed by atoms with Gasteiger partial charge in [-0.25, -0.2) is 4.98 Å². The standard InChI is InChI=1S/C11H15N5/c1-16-11(14-9-15-16)8-13-6-4-10-3-2-5-12-7-10/h2-3,5,7,9,13H,4,6,8H2,1H3. The van der Waals surface area contributed by atoms with Gasteiger partial charge in [0.25, 0.3) is 0 Å². The number of hydrogen-bond donors (Lipinski definition) is 1. The normalized spacial score (nSPS) is 10.6. The number of aryl methyl sites for hydroxylation is 1. The minimum Gasteiger partial charge on any atom is -0.310 e. The molecule has 0 unspecified atom stereocenters. The first-order chi connectivity index (χ1) is 7.86. The smallest absolute Gasteiger partial charge is 0.140 e. The maximum absolute atomic E-state index is 4.14. The van der Waals surface area contributed by atoms with Gasteiger partial charge in [-0.2, -0.15) is 5.10 Å². The summed E-state index contributed by atoms with van der Waals surface area (Å²) >= 11 is 0. The molecule has 1 N–H and O–H groups in total. The van der Waals surface area contributed by atoms with Gasteiger partial charge in [-0.3, -0.25) is 9.67 Å². The number of aromatic nitrogens is 4. The molecule has 16 heavy (non-hydrogen) atoms. The molecular formula is C11H15N5. The summed E-state index contributed by atoms with van der Waals surface area (Å²) in [6.07, 6.45) is 6.23. The molecule has 84 valence electrons. The first-order valence-corrected chi connectivity index (χ1v) is 5.29. The van der Waals surface area contributed by atoms with Crippen LogP contribution in [0.5, 0.6) is 0 Å². The molecule has 0 amide bonds. The summed E-state index contributed by atoms with van der Waals surface area (Å²) in [5.74, 6) is 0.950. The van der Waals surface area contributed by atoms with E-state index in [1.54, 1.807) is 17.2 Å². The molecule has 0 aliphatic rings. The van der Waals surface area contributed by atoms with Crippen molar-refractivity contribution in [1.82, 2.24) is 25.1 Å². The van der Waals surface area contributed by atoms with Gasteiger partial charge in [0, 0.05) is 19.4 Å². The Hall–Kier alpha value is -1.75. The van der Waals surface area contributed by atoms with Gasteiger partial charge in [-0.05, 0) is 24.6 Å². The Bertz CT molecular complexity index is 423. The first kappa shape index (κ1) is 10.8. The summed E-state index contributed by atoms with van der Waals surface area (Å²) in [5.41, 5.74) is 1.24. The van der Waals surface area contributed by atoms with Crippen LogP contribution in [0, 0.1) is 0 Å². The second-order valence-electron chi connectivity index (χ2n) is 3.59. The van der Waals surface area contributed by atoms with E-state index in [2.05, 4.69) is 26.4 Å². The van der Waals surface area contributed by atoms with Crippen molar-refractivity contribution in [1.29, 1.82) is 0 Å². The van der Waals surface area contributed by atoms with E-state index in [-0.39, 0.29) is 0 Å². The molecule has 0 atom stereocenters. The molecule has 0 aliphatic carbocycles. The van der Waals surface area contributed by atoms with E-state index in [1.807, 2.05) is 19.3 Å². The Kier molecular flexibility index (Phi) is 3.61. The van der Waals surface area contributed by atoms with Crippen molar-refractivity contribution in [3.8, 4) is 0 Å². The van der Waals surface area contributed by atoms with Crippen LogP contribution < -0.4 is 5.32 Å². The van der Waals surface area contributed by atoms with E-state index in [1.165, 1.54) is 5.56 Å². The second-order valence-corrected chi connectivity index (χ2v) is 3.59. The Morgan fingerprint density at radius 3 is 3.06 bits per heavy atom. The van der Waals surface area contributed by atoms with E-state index < -0.39 is 0 Å². The van der Waals surface area contributed by atoms with E-state index in [9.17, 15) is 0 Å². The number of hydrogen-bond acceptors (Lipinski definition) is 4. The number of nitrogens with one attached hydrogen (secondary N) is 1. The predicted octanol–water partition coefficient (Wildman–Crippen LogP) is 0.542.